The highest BCUT2D eigenvalue weighted by Gasteiger charge is 2.20. The predicted octanol–water partition coefficient (Wildman–Crippen LogP) is 3.57. The fourth-order valence-electron chi connectivity index (χ4n) is 2.50. The van der Waals surface area contributed by atoms with E-state index in [9.17, 15) is 0 Å². The summed E-state index contributed by atoms with van der Waals surface area (Å²) in [7, 11) is 0. The molecule has 0 aliphatic heterocycles. The van der Waals surface area contributed by atoms with Gasteiger partial charge < -0.3 is 9.88 Å². The van der Waals surface area contributed by atoms with Crippen LogP contribution in [0.15, 0.2) is 36.7 Å². The molecule has 0 aliphatic rings. The van der Waals surface area contributed by atoms with Crippen molar-refractivity contribution in [3.8, 4) is 0 Å². The van der Waals surface area contributed by atoms with Crippen LogP contribution in [0.4, 0.5) is 0 Å². The Kier molecular flexibility index (Phi) is 5.12. The summed E-state index contributed by atoms with van der Waals surface area (Å²) in [4.78, 5) is 0. The van der Waals surface area contributed by atoms with Gasteiger partial charge in [-0.15, -0.1) is 10.2 Å². The Morgan fingerprint density at radius 1 is 1.19 bits per heavy atom. The SMILES string of the molecule is CCn1cnnc1CNC(CC(C)(C)C)c1ccccc1. The highest BCUT2D eigenvalue weighted by atomic mass is 15.3. The van der Waals surface area contributed by atoms with E-state index in [4.69, 9.17) is 0 Å². The summed E-state index contributed by atoms with van der Waals surface area (Å²) in [5.74, 6) is 0.993. The minimum Gasteiger partial charge on any atom is -0.317 e. The lowest BCUT2D eigenvalue weighted by molar-refractivity contribution is 0.308. The summed E-state index contributed by atoms with van der Waals surface area (Å²) >= 11 is 0. The number of nitrogens with one attached hydrogen (secondary N) is 1. The molecule has 4 nitrogen and oxygen atoms in total. The first-order valence-corrected chi connectivity index (χ1v) is 7.64. The van der Waals surface area contributed by atoms with Crippen molar-refractivity contribution in [2.24, 2.45) is 5.41 Å². The average Bonchev–Trinajstić information content (AvgIpc) is 2.90. The predicted molar refractivity (Wildman–Crippen MR) is 85.8 cm³/mol. The number of rotatable bonds is 6. The van der Waals surface area contributed by atoms with E-state index in [1.807, 2.05) is 0 Å². The number of hydrogen-bond acceptors (Lipinski definition) is 3. The highest BCUT2D eigenvalue weighted by molar-refractivity contribution is 5.19. The zero-order valence-electron chi connectivity index (χ0n) is 13.5. The molecule has 0 amide bonds. The Balaban J connectivity index is 2.09. The number of nitrogens with zero attached hydrogens (tertiary/aromatic N) is 3. The fourth-order valence-corrected chi connectivity index (χ4v) is 2.50. The van der Waals surface area contributed by atoms with E-state index in [0.29, 0.717) is 6.04 Å². The van der Waals surface area contributed by atoms with Crippen LogP contribution in [0, 0.1) is 5.41 Å². The van der Waals surface area contributed by atoms with Crippen molar-refractivity contribution in [3.05, 3.63) is 48.0 Å². The summed E-state index contributed by atoms with van der Waals surface area (Å²) < 4.78 is 2.08. The Hall–Kier alpha value is -1.68. The molecule has 21 heavy (non-hydrogen) atoms. The Morgan fingerprint density at radius 2 is 1.90 bits per heavy atom. The molecule has 1 aromatic carbocycles. The summed E-state index contributed by atoms with van der Waals surface area (Å²) in [5.41, 5.74) is 1.60. The molecule has 2 rings (SSSR count). The second-order valence-corrected chi connectivity index (χ2v) is 6.64. The minimum absolute atomic E-state index is 0.270. The molecule has 1 atom stereocenters. The average molecular weight is 286 g/mol. The normalized spacial score (nSPS) is 13.3. The quantitative estimate of drug-likeness (QED) is 0.883. The van der Waals surface area contributed by atoms with Crippen LogP contribution in [0.3, 0.4) is 0 Å². The molecule has 1 heterocycles. The van der Waals surface area contributed by atoms with Crippen molar-refractivity contribution in [1.29, 1.82) is 0 Å². The summed E-state index contributed by atoms with van der Waals surface area (Å²) in [6.07, 6.45) is 2.87. The number of hydrogen-bond donors (Lipinski definition) is 1. The topological polar surface area (TPSA) is 42.7 Å². The van der Waals surface area contributed by atoms with E-state index in [-0.39, 0.29) is 5.41 Å². The first kappa shape index (κ1) is 15.7. The molecular weight excluding hydrogens is 260 g/mol. The largest absolute Gasteiger partial charge is 0.317 e. The van der Waals surface area contributed by atoms with E-state index < -0.39 is 0 Å². The maximum absolute atomic E-state index is 4.20. The van der Waals surface area contributed by atoms with Gasteiger partial charge in [0.25, 0.3) is 0 Å². The van der Waals surface area contributed by atoms with Crippen LogP contribution in [-0.2, 0) is 13.1 Å². The number of aryl methyl sites for hydroxylation is 1. The third-order valence-electron chi connectivity index (χ3n) is 3.56. The van der Waals surface area contributed by atoms with Crippen LogP contribution in [0.5, 0.6) is 0 Å². The van der Waals surface area contributed by atoms with Gasteiger partial charge in [0.2, 0.25) is 0 Å². The Morgan fingerprint density at radius 3 is 2.52 bits per heavy atom. The minimum atomic E-state index is 0.270. The summed E-state index contributed by atoms with van der Waals surface area (Å²) in [6.45, 7) is 10.6. The highest BCUT2D eigenvalue weighted by Crippen LogP contribution is 2.29. The van der Waals surface area contributed by atoms with Crippen molar-refractivity contribution in [2.45, 2.75) is 53.2 Å². The van der Waals surface area contributed by atoms with Gasteiger partial charge in [-0.25, -0.2) is 0 Å². The molecule has 0 saturated heterocycles. The van der Waals surface area contributed by atoms with Gasteiger partial charge in [-0.1, -0.05) is 51.1 Å². The molecule has 0 aliphatic carbocycles. The lowest BCUT2D eigenvalue weighted by Gasteiger charge is -2.27. The van der Waals surface area contributed by atoms with Gasteiger partial charge in [0.05, 0.1) is 6.54 Å². The van der Waals surface area contributed by atoms with Crippen LogP contribution < -0.4 is 5.32 Å². The lowest BCUT2D eigenvalue weighted by Crippen LogP contribution is -2.26. The van der Waals surface area contributed by atoms with Crippen LogP contribution in [0.25, 0.3) is 0 Å². The molecule has 2 aromatic rings. The molecule has 1 aromatic heterocycles. The molecule has 114 valence electrons. The summed E-state index contributed by atoms with van der Waals surface area (Å²) in [6, 6.07) is 11.0. The first-order chi connectivity index (χ1) is 9.99. The lowest BCUT2D eigenvalue weighted by atomic mass is 9.85. The second kappa shape index (κ2) is 6.85. The van der Waals surface area contributed by atoms with Gasteiger partial charge in [0.1, 0.15) is 12.2 Å². The van der Waals surface area contributed by atoms with E-state index in [1.165, 1.54) is 5.56 Å². The molecule has 4 heteroatoms. The van der Waals surface area contributed by atoms with Gasteiger partial charge >= 0.3 is 0 Å². The Labute approximate surface area is 127 Å². The van der Waals surface area contributed by atoms with Gasteiger partial charge in [0.15, 0.2) is 0 Å². The first-order valence-electron chi connectivity index (χ1n) is 7.64. The van der Waals surface area contributed by atoms with Crippen LogP contribution in [0.2, 0.25) is 0 Å². The monoisotopic (exact) mass is 286 g/mol. The standard InChI is InChI=1S/C17H26N4/c1-5-21-13-19-20-16(21)12-18-15(11-17(2,3)4)14-9-7-6-8-10-14/h6-10,13,15,18H,5,11-12H2,1-4H3. The van der Waals surface area contributed by atoms with E-state index >= 15 is 0 Å². The van der Waals surface area contributed by atoms with Crippen molar-refractivity contribution in [1.82, 2.24) is 20.1 Å². The molecule has 0 radical (unpaired) electrons. The molecule has 1 N–H and O–H groups in total. The molecule has 0 fully saturated rings. The van der Waals surface area contributed by atoms with Gasteiger partial charge in [-0.05, 0) is 24.3 Å². The Bertz CT molecular complexity index is 539. The molecule has 0 bridgehead atoms. The smallest absolute Gasteiger partial charge is 0.146 e. The molecular formula is C17H26N4. The zero-order chi connectivity index (χ0) is 15.3. The van der Waals surface area contributed by atoms with Gasteiger partial charge in [-0.3, -0.25) is 0 Å². The van der Waals surface area contributed by atoms with E-state index in [1.54, 1.807) is 6.33 Å². The maximum Gasteiger partial charge on any atom is 0.146 e. The van der Waals surface area contributed by atoms with E-state index in [0.717, 1.165) is 25.3 Å². The van der Waals surface area contributed by atoms with Gasteiger partial charge in [0, 0.05) is 12.6 Å². The maximum atomic E-state index is 4.20. The number of benzene rings is 1. The fraction of sp³-hybridized carbons (Fsp3) is 0.529. The van der Waals surface area contributed by atoms with Crippen molar-refractivity contribution >= 4 is 0 Å². The van der Waals surface area contributed by atoms with E-state index in [2.05, 4.69) is 78.1 Å². The summed E-state index contributed by atoms with van der Waals surface area (Å²) in [5, 5.41) is 11.8. The van der Waals surface area contributed by atoms with Crippen LogP contribution in [-0.4, -0.2) is 14.8 Å². The molecule has 1 unspecified atom stereocenters. The van der Waals surface area contributed by atoms with Crippen molar-refractivity contribution in [2.75, 3.05) is 0 Å². The second-order valence-electron chi connectivity index (χ2n) is 6.64. The number of aromatic nitrogens is 3. The van der Waals surface area contributed by atoms with Crippen LogP contribution in [0.1, 0.15) is 51.5 Å². The molecule has 0 spiro atoms. The van der Waals surface area contributed by atoms with Gasteiger partial charge in [-0.2, -0.15) is 0 Å². The van der Waals surface area contributed by atoms with Crippen molar-refractivity contribution < 1.29 is 0 Å². The third-order valence-corrected chi connectivity index (χ3v) is 3.56. The zero-order valence-corrected chi connectivity index (χ0v) is 13.5. The van der Waals surface area contributed by atoms with Crippen molar-refractivity contribution in [3.63, 3.8) is 0 Å². The molecule has 0 saturated carbocycles. The third kappa shape index (κ3) is 4.67. The van der Waals surface area contributed by atoms with Crippen LogP contribution >= 0.6 is 0 Å².